The Kier molecular flexibility index (Phi) is 5.90. The van der Waals surface area contributed by atoms with Crippen molar-refractivity contribution in [2.75, 3.05) is 36.2 Å². The summed E-state index contributed by atoms with van der Waals surface area (Å²) in [5.41, 5.74) is 0.955. The SMILES string of the molecule is O=C(O)c1ccc(CC(=O)N2CSCC2C(=O)N2CCSCC2)cc1. The number of thioether (sulfide) groups is 2. The van der Waals surface area contributed by atoms with Crippen LogP contribution in [-0.2, 0) is 16.0 Å². The molecule has 0 radical (unpaired) electrons. The average molecular weight is 380 g/mol. The summed E-state index contributed by atoms with van der Waals surface area (Å²) >= 11 is 3.45. The quantitative estimate of drug-likeness (QED) is 0.851. The van der Waals surface area contributed by atoms with Crippen molar-refractivity contribution in [3.8, 4) is 0 Å². The zero-order valence-electron chi connectivity index (χ0n) is 13.7. The Bertz CT molecular complexity index is 659. The Morgan fingerprint density at radius 3 is 2.40 bits per heavy atom. The topological polar surface area (TPSA) is 77.9 Å². The lowest BCUT2D eigenvalue weighted by Gasteiger charge is -2.32. The maximum atomic E-state index is 12.7. The van der Waals surface area contributed by atoms with Gasteiger partial charge >= 0.3 is 5.97 Å². The molecule has 0 spiro atoms. The Balaban J connectivity index is 1.63. The molecule has 2 aliphatic heterocycles. The van der Waals surface area contributed by atoms with E-state index in [0.717, 1.165) is 30.2 Å². The van der Waals surface area contributed by atoms with Crippen LogP contribution in [0.5, 0.6) is 0 Å². The van der Waals surface area contributed by atoms with Crippen LogP contribution in [0.25, 0.3) is 0 Å². The van der Waals surface area contributed by atoms with Gasteiger partial charge in [0, 0.05) is 30.3 Å². The van der Waals surface area contributed by atoms with Crippen LogP contribution >= 0.6 is 23.5 Å². The molecular weight excluding hydrogens is 360 g/mol. The van der Waals surface area contributed by atoms with Crippen LogP contribution < -0.4 is 0 Å². The molecule has 1 aromatic rings. The van der Waals surface area contributed by atoms with Crippen molar-refractivity contribution < 1.29 is 19.5 Å². The Morgan fingerprint density at radius 2 is 1.76 bits per heavy atom. The van der Waals surface area contributed by atoms with E-state index in [0.29, 0.717) is 11.6 Å². The Morgan fingerprint density at radius 1 is 1.08 bits per heavy atom. The summed E-state index contributed by atoms with van der Waals surface area (Å²) in [6, 6.07) is 5.93. The molecular formula is C17H20N2O4S2. The van der Waals surface area contributed by atoms with Crippen LogP contribution in [0.2, 0.25) is 0 Å². The van der Waals surface area contributed by atoms with Crippen molar-refractivity contribution in [1.29, 1.82) is 0 Å². The predicted molar refractivity (Wildman–Crippen MR) is 99.0 cm³/mol. The predicted octanol–water partition coefficient (Wildman–Crippen LogP) is 1.40. The number of hydrogen-bond donors (Lipinski definition) is 1. The highest BCUT2D eigenvalue weighted by molar-refractivity contribution is 7.99. The maximum Gasteiger partial charge on any atom is 0.335 e. The van der Waals surface area contributed by atoms with Gasteiger partial charge in [-0.2, -0.15) is 11.8 Å². The average Bonchev–Trinajstić information content (AvgIpc) is 3.12. The lowest BCUT2D eigenvalue weighted by atomic mass is 10.1. The van der Waals surface area contributed by atoms with E-state index in [4.69, 9.17) is 5.11 Å². The normalized spacial score (nSPS) is 20.6. The van der Waals surface area contributed by atoms with Gasteiger partial charge in [0.25, 0.3) is 0 Å². The number of nitrogens with zero attached hydrogens (tertiary/aromatic N) is 2. The third-order valence-electron chi connectivity index (χ3n) is 4.37. The first-order chi connectivity index (χ1) is 12.1. The lowest BCUT2D eigenvalue weighted by Crippen LogP contribution is -2.51. The lowest BCUT2D eigenvalue weighted by molar-refractivity contribution is -0.142. The number of rotatable bonds is 4. The first-order valence-corrected chi connectivity index (χ1v) is 10.4. The van der Waals surface area contributed by atoms with Crippen molar-refractivity contribution >= 4 is 41.3 Å². The van der Waals surface area contributed by atoms with Crippen LogP contribution in [-0.4, -0.2) is 75.0 Å². The van der Waals surface area contributed by atoms with Gasteiger partial charge in [0.1, 0.15) is 6.04 Å². The van der Waals surface area contributed by atoms with Gasteiger partial charge in [-0.3, -0.25) is 9.59 Å². The molecule has 2 fully saturated rings. The van der Waals surface area contributed by atoms with E-state index in [1.54, 1.807) is 28.8 Å². The molecule has 25 heavy (non-hydrogen) atoms. The smallest absolute Gasteiger partial charge is 0.335 e. The fourth-order valence-corrected chi connectivity index (χ4v) is 5.00. The summed E-state index contributed by atoms with van der Waals surface area (Å²) in [7, 11) is 0. The van der Waals surface area contributed by atoms with E-state index in [9.17, 15) is 14.4 Å². The number of carbonyl (C=O) groups is 3. The summed E-state index contributed by atoms with van der Waals surface area (Å²) < 4.78 is 0. The standard InChI is InChI=1S/C17H20N2O4S2/c20-15(9-12-1-3-13(4-2-12)17(22)23)19-11-25-10-14(19)16(21)18-5-7-24-8-6-18/h1-4,14H,5-11H2,(H,22,23). The summed E-state index contributed by atoms with van der Waals surface area (Å²) in [4.78, 5) is 39.8. The summed E-state index contributed by atoms with van der Waals surface area (Å²) in [5, 5.41) is 8.93. The third kappa shape index (κ3) is 4.30. The van der Waals surface area contributed by atoms with E-state index in [1.807, 2.05) is 16.7 Å². The van der Waals surface area contributed by atoms with Crippen molar-refractivity contribution in [2.24, 2.45) is 0 Å². The molecule has 0 aromatic heterocycles. The second-order valence-electron chi connectivity index (χ2n) is 6.00. The molecule has 8 heteroatoms. The minimum absolute atomic E-state index is 0.0554. The minimum Gasteiger partial charge on any atom is -0.478 e. The van der Waals surface area contributed by atoms with Gasteiger partial charge in [-0.1, -0.05) is 12.1 Å². The van der Waals surface area contributed by atoms with Gasteiger partial charge in [0.15, 0.2) is 0 Å². The second kappa shape index (κ2) is 8.14. The summed E-state index contributed by atoms with van der Waals surface area (Å²) in [6.07, 6.45) is 0.181. The molecule has 1 N–H and O–H groups in total. The van der Waals surface area contributed by atoms with E-state index in [1.165, 1.54) is 12.1 Å². The van der Waals surface area contributed by atoms with Crippen LogP contribution in [0.4, 0.5) is 0 Å². The van der Waals surface area contributed by atoms with Crippen LogP contribution in [0.1, 0.15) is 15.9 Å². The number of aromatic carboxylic acids is 1. The Hall–Kier alpha value is -1.67. The number of hydrogen-bond acceptors (Lipinski definition) is 5. The van der Waals surface area contributed by atoms with E-state index < -0.39 is 5.97 Å². The molecule has 0 saturated carbocycles. The molecule has 1 aromatic carbocycles. The molecule has 3 rings (SSSR count). The van der Waals surface area contributed by atoms with Gasteiger partial charge in [-0.25, -0.2) is 4.79 Å². The fraction of sp³-hybridized carbons (Fsp3) is 0.471. The van der Waals surface area contributed by atoms with Gasteiger partial charge < -0.3 is 14.9 Å². The molecule has 6 nitrogen and oxygen atoms in total. The Labute approximate surface area is 154 Å². The molecule has 0 bridgehead atoms. The van der Waals surface area contributed by atoms with Gasteiger partial charge in [0.05, 0.1) is 17.9 Å². The third-order valence-corrected chi connectivity index (χ3v) is 6.32. The first-order valence-electron chi connectivity index (χ1n) is 8.12. The molecule has 134 valence electrons. The number of carboxylic acids is 1. The van der Waals surface area contributed by atoms with Crippen molar-refractivity contribution in [1.82, 2.24) is 9.80 Å². The second-order valence-corrected chi connectivity index (χ2v) is 8.22. The maximum absolute atomic E-state index is 12.7. The van der Waals surface area contributed by atoms with Crippen LogP contribution in [0.3, 0.4) is 0 Å². The highest BCUT2D eigenvalue weighted by atomic mass is 32.2. The van der Waals surface area contributed by atoms with Gasteiger partial charge in [-0.05, 0) is 17.7 Å². The molecule has 1 unspecified atom stereocenters. The van der Waals surface area contributed by atoms with Crippen LogP contribution in [0, 0.1) is 0 Å². The number of carboxylic acid groups (broad SMARTS) is 1. The zero-order chi connectivity index (χ0) is 17.8. The van der Waals surface area contributed by atoms with E-state index >= 15 is 0 Å². The monoisotopic (exact) mass is 380 g/mol. The van der Waals surface area contributed by atoms with E-state index in [2.05, 4.69) is 0 Å². The number of benzene rings is 1. The van der Waals surface area contributed by atoms with Crippen LogP contribution in [0.15, 0.2) is 24.3 Å². The minimum atomic E-state index is -0.987. The molecule has 2 aliphatic rings. The fourth-order valence-electron chi connectivity index (χ4n) is 2.93. The number of amides is 2. The summed E-state index contributed by atoms with van der Waals surface area (Å²) in [6.45, 7) is 1.51. The highest BCUT2D eigenvalue weighted by Crippen LogP contribution is 2.24. The van der Waals surface area contributed by atoms with Crippen molar-refractivity contribution in [3.05, 3.63) is 35.4 Å². The summed E-state index contributed by atoms with van der Waals surface area (Å²) in [5.74, 6) is 2.07. The molecule has 2 amide bonds. The van der Waals surface area contributed by atoms with Gasteiger partial charge in [-0.15, -0.1) is 11.8 Å². The molecule has 0 aliphatic carbocycles. The zero-order valence-corrected chi connectivity index (χ0v) is 15.4. The van der Waals surface area contributed by atoms with Crippen molar-refractivity contribution in [3.63, 3.8) is 0 Å². The van der Waals surface area contributed by atoms with Gasteiger partial charge in [0.2, 0.25) is 11.8 Å². The highest BCUT2D eigenvalue weighted by Gasteiger charge is 2.37. The largest absolute Gasteiger partial charge is 0.478 e. The first kappa shape index (κ1) is 18.1. The van der Waals surface area contributed by atoms with Crippen molar-refractivity contribution in [2.45, 2.75) is 12.5 Å². The van der Waals surface area contributed by atoms with E-state index in [-0.39, 0.29) is 29.8 Å². The molecule has 2 saturated heterocycles. The molecule has 2 heterocycles. The number of carbonyl (C=O) groups excluding carboxylic acids is 2. The molecule has 1 atom stereocenters.